The van der Waals surface area contributed by atoms with Crippen LogP contribution in [-0.2, 0) is 10.8 Å². The summed E-state index contributed by atoms with van der Waals surface area (Å²) in [5.41, 5.74) is 0. The van der Waals surface area contributed by atoms with Gasteiger partial charge < -0.3 is 15.2 Å². The summed E-state index contributed by atoms with van der Waals surface area (Å²) < 4.78 is 17.4. The van der Waals surface area contributed by atoms with Crippen LogP contribution in [0, 0.1) is 0 Å². The van der Waals surface area contributed by atoms with Gasteiger partial charge >= 0.3 is 0 Å². The summed E-state index contributed by atoms with van der Waals surface area (Å²) in [5.74, 6) is 1.27. The SMILES string of the molecule is O=[S@](CCNC[C@@H](O)COc1ccccc1)c1ccccc1. The zero-order valence-corrected chi connectivity index (χ0v) is 13.2. The highest BCUT2D eigenvalue weighted by Gasteiger charge is 2.06. The monoisotopic (exact) mass is 319 g/mol. The molecule has 2 rings (SSSR count). The molecule has 0 aliphatic carbocycles. The lowest BCUT2D eigenvalue weighted by Crippen LogP contribution is -2.33. The van der Waals surface area contributed by atoms with Crippen LogP contribution < -0.4 is 10.1 Å². The molecule has 0 aliphatic heterocycles. The Morgan fingerprint density at radius 2 is 1.68 bits per heavy atom. The lowest BCUT2D eigenvalue weighted by molar-refractivity contribution is 0.107. The molecular formula is C17H21NO3S. The topological polar surface area (TPSA) is 58.6 Å². The maximum absolute atomic E-state index is 12.0. The van der Waals surface area contributed by atoms with Gasteiger partial charge in [0.05, 0.1) is 10.8 Å². The van der Waals surface area contributed by atoms with Crippen LogP contribution in [0.2, 0.25) is 0 Å². The third-order valence-corrected chi connectivity index (χ3v) is 4.41. The van der Waals surface area contributed by atoms with Gasteiger partial charge in [0.2, 0.25) is 0 Å². The fourth-order valence-electron chi connectivity index (χ4n) is 1.89. The molecule has 4 nitrogen and oxygen atoms in total. The third-order valence-electron chi connectivity index (χ3n) is 3.04. The van der Waals surface area contributed by atoms with Gasteiger partial charge in [-0.3, -0.25) is 4.21 Å². The number of ether oxygens (including phenoxy) is 1. The lowest BCUT2D eigenvalue weighted by atomic mass is 10.3. The molecule has 0 unspecified atom stereocenters. The largest absolute Gasteiger partial charge is 0.491 e. The van der Waals surface area contributed by atoms with Crippen molar-refractivity contribution in [1.82, 2.24) is 5.32 Å². The molecule has 2 N–H and O–H groups in total. The summed E-state index contributed by atoms with van der Waals surface area (Å²) in [7, 11) is -1.01. The quantitative estimate of drug-likeness (QED) is 0.692. The van der Waals surface area contributed by atoms with E-state index < -0.39 is 16.9 Å². The van der Waals surface area contributed by atoms with Crippen molar-refractivity contribution >= 4 is 10.8 Å². The first-order valence-electron chi connectivity index (χ1n) is 7.26. The Kier molecular flexibility index (Phi) is 7.09. The fraction of sp³-hybridized carbons (Fsp3) is 0.294. The van der Waals surface area contributed by atoms with Crippen molar-refractivity contribution in [3.8, 4) is 5.75 Å². The third kappa shape index (κ3) is 5.97. The second-order valence-electron chi connectivity index (χ2n) is 4.84. The van der Waals surface area contributed by atoms with Crippen LogP contribution in [0.15, 0.2) is 65.6 Å². The van der Waals surface area contributed by atoms with Gasteiger partial charge in [-0.05, 0) is 24.3 Å². The van der Waals surface area contributed by atoms with Gasteiger partial charge in [0.15, 0.2) is 0 Å². The van der Waals surface area contributed by atoms with Crippen LogP contribution in [0.1, 0.15) is 0 Å². The summed E-state index contributed by atoms with van der Waals surface area (Å²) in [6, 6.07) is 18.8. The summed E-state index contributed by atoms with van der Waals surface area (Å²) in [6.07, 6.45) is -0.592. The minimum atomic E-state index is -1.01. The number of nitrogens with one attached hydrogen (secondary N) is 1. The second kappa shape index (κ2) is 9.35. The van der Waals surface area contributed by atoms with Crippen molar-refractivity contribution in [3.05, 3.63) is 60.7 Å². The molecule has 0 spiro atoms. The lowest BCUT2D eigenvalue weighted by Gasteiger charge is -2.13. The number of rotatable bonds is 9. The van der Waals surface area contributed by atoms with Gasteiger partial charge in [0.1, 0.15) is 18.5 Å². The first-order valence-corrected chi connectivity index (χ1v) is 8.57. The first-order chi connectivity index (χ1) is 10.8. The van der Waals surface area contributed by atoms with Crippen LogP contribution >= 0.6 is 0 Å². The predicted octanol–water partition coefficient (Wildman–Crippen LogP) is 1.82. The van der Waals surface area contributed by atoms with Crippen molar-refractivity contribution in [2.24, 2.45) is 0 Å². The van der Waals surface area contributed by atoms with Gasteiger partial charge in [0.25, 0.3) is 0 Å². The summed E-state index contributed by atoms with van der Waals surface area (Å²) in [5, 5.41) is 12.9. The van der Waals surface area contributed by atoms with Crippen molar-refractivity contribution < 1.29 is 14.1 Å². The Morgan fingerprint density at radius 3 is 2.36 bits per heavy atom. The minimum Gasteiger partial charge on any atom is -0.491 e. The predicted molar refractivity (Wildman–Crippen MR) is 88.5 cm³/mol. The molecule has 2 aromatic rings. The van der Waals surface area contributed by atoms with Crippen molar-refractivity contribution in [1.29, 1.82) is 0 Å². The highest BCUT2D eigenvalue weighted by Crippen LogP contribution is 2.08. The van der Waals surface area contributed by atoms with Gasteiger partial charge in [-0.25, -0.2) is 0 Å². The molecule has 22 heavy (non-hydrogen) atoms. The average Bonchev–Trinajstić information content (AvgIpc) is 2.58. The van der Waals surface area contributed by atoms with Crippen LogP contribution in [0.25, 0.3) is 0 Å². The van der Waals surface area contributed by atoms with Crippen LogP contribution in [0.5, 0.6) is 5.75 Å². The van der Waals surface area contributed by atoms with Gasteiger partial charge in [0, 0.05) is 23.7 Å². The molecule has 0 saturated carbocycles. The molecule has 0 fully saturated rings. The average molecular weight is 319 g/mol. The van der Waals surface area contributed by atoms with Gasteiger partial charge in [-0.15, -0.1) is 0 Å². The van der Waals surface area contributed by atoms with E-state index in [9.17, 15) is 9.32 Å². The number of para-hydroxylation sites is 1. The first kappa shape index (κ1) is 16.7. The molecule has 5 heteroatoms. The van der Waals surface area contributed by atoms with Crippen molar-refractivity contribution in [3.63, 3.8) is 0 Å². The molecule has 0 bridgehead atoms. The molecule has 0 aliphatic rings. The van der Waals surface area contributed by atoms with Crippen molar-refractivity contribution in [2.45, 2.75) is 11.0 Å². The molecule has 2 aromatic carbocycles. The number of hydrogen-bond donors (Lipinski definition) is 2. The van der Waals surface area contributed by atoms with E-state index in [1.807, 2.05) is 60.7 Å². The molecule has 118 valence electrons. The number of benzene rings is 2. The Morgan fingerprint density at radius 1 is 1.05 bits per heavy atom. The number of aliphatic hydroxyl groups excluding tert-OH is 1. The second-order valence-corrected chi connectivity index (χ2v) is 6.42. The highest BCUT2D eigenvalue weighted by molar-refractivity contribution is 7.85. The normalized spacial score (nSPS) is 13.5. The zero-order chi connectivity index (χ0) is 15.6. The van der Waals surface area contributed by atoms with E-state index in [0.29, 0.717) is 18.8 Å². The van der Waals surface area contributed by atoms with E-state index in [0.717, 1.165) is 10.6 Å². The molecular weight excluding hydrogens is 298 g/mol. The maximum Gasteiger partial charge on any atom is 0.119 e. The molecule has 2 atom stereocenters. The van der Waals surface area contributed by atoms with Gasteiger partial charge in [-0.2, -0.15) is 0 Å². The van der Waals surface area contributed by atoms with E-state index in [1.54, 1.807) is 0 Å². The van der Waals surface area contributed by atoms with Crippen LogP contribution in [0.4, 0.5) is 0 Å². The smallest absolute Gasteiger partial charge is 0.119 e. The standard InChI is InChI=1S/C17H21NO3S/c19-15(14-21-16-7-3-1-4-8-16)13-18-11-12-22(20)17-9-5-2-6-10-17/h1-10,15,18-19H,11-14H2/t15-,22-/m1/s1. The van der Waals surface area contributed by atoms with E-state index in [2.05, 4.69) is 5.32 Å². The molecule has 0 amide bonds. The summed E-state index contributed by atoms with van der Waals surface area (Å²) >= 11 is 0. The Labute approximate surface area is 133 Å². The minimum absolute atomic E-state index is 0.235. The van der Waals surface area contributed by atoms with Crippen molar-refractivity contribution in [2.75, 3.05) is 25.4 Å². The Hall–Kier alpha value is -1.69. The maximum atomic E-state index is 12.0. The molecule has 0 heterocycles. The number of aliphatic hydroxyl groups is 1. The van der Waals surface area contributed by atoms with Crippen LogP contribution in [0.3, 0.4) is 0 Å². The van der Waals surface area contributed by atoms with Crippen LogP contribution in [-0.4, -0.2) is 40.9 Å². The fourth-order valence-corrected chi connectivity index (χ4v) is 2.92. The zero-order valence-electron chi connectivity index (χ0n) is 12.4. The Balaban J connectivity index is 1.59. The highest BCUT2D eigenvalue weighted by atomic mass is 32.2. The van der Waals surface area contributed by atoms with E-state index in [1.165, 1.54) is 0 Å². The molecule has 0 radical (unpaired) electrons. The summed E-state index contributed by atoms with van der Waals surface area (Å²) in [4.78, 5) is 0.831. The van der Waals surface area contributed by atoms with E-state index >= 15 is 0 Å². The molecule has 0 aromatic heterocycles. The summed E-state index contributed by atoms with van der Waals surface area (Å²) in [6.45, 7) is 1.24. The van der Waals surface area contributed by atoms with Gasteiger partial charge in [-0.1, -0.05) is 36.4 Å². The van der Waals surface area contributed by atoms with E-state index in [-0.39, 0.29) is 6.61 Å². The van der Waals surface area contributed by atoms with E-state index in [4.69, 9.17) is 4.74 Å². The Bertz CT molecular complexity index is 563. The molecule has 0 saturated heterocycles. The number of hydrogen-bond acceptors (Lipinski definition) is 4.